The van der Waals surface area contributed by atoms with E-state index in [4.69, 9.17) is 11.6 Å². The van der Waals surface area contributed by atoms with Crippen molar-refractivity contribution in [2.75, 3.05) is 0 Å². The van der Waals surface area contributed by atoms with Crippen LogP contribution in [0.4, 0.5) is 0 Å². The summed E-state index contributed by atoms with van der Waals surface area (Å²) < 4.78 is 1.61. The van der Waals surface area contributed by atoms with Crippen molar-refractivity contribution in [3.8, 4) is 0 Å². The second-order valence-corrected chi connectivity index (χ2v) is 4.12. The van der Waals surface area contributed by atoms with Gasteiger partial charge in [-0.25, -0.2) is 0 Å². The zero-order chi connectivity index (χ0) is 12.4. The minimum absolute atomic E-state index is 0.414. The molecule has 0 saturated heterocycles. The molecule has 2 heterocycles. The highest BCUT2D eigenvalue weighted by Crippen LogP contribution is 2.10. The van der Waals surface area contributed by atoms with Crippen molar-refractivity contribution in [3.63, 3.8) is 0 Å². The van der Waals surface area contributed by atoms with Gasteiger partial charge in [0.25, 0.3) is 0 Å². The summed E-state index contributed by atoms with van der Waals surface area (Å²) in [5.74, 6) is 0.649. The smallest absolute Gasteiger partial charge is 0.178 e. The molecule has 0 aliphatic carbocycles. The van der Waals surface area contributed by atoms with Gasteiger partial charge in [-0.05, 0) is 23.8 Å². The molecule has 0 aliphatic rings. The molecule has 3 aromatic rings. The van der Waals surface area contributed by atoms with Crippen molar-refractivity contribution in [2.45, 2.75) is 0 Å². The number of nitrogens with zero attached hydrogens (tertiary/aromatic N) is 4. The lowest BCUT2D eigenvalue weighted by molar-refractivity contribution is 0.913. The molecule has 1 aromatic carbocycles. The number of hydrogen-bond acceptors (Lipinski definition) is 3. The summed E-state index contributed by atoms with van der Waals surface area (Å²) in [6.45, 7) is 0. The van der Waals surface area contributed by atoms with E-state index in [0.29, 0.717) is 16.6 Å². The predicted octanol–water partition coefficient (Wildman–Crippen LogP) is 2.95. The van der Waals surface area contributed by atoms with Crippen LogP contribution in [0.2, 0.25) is 5.15 Å². The van der Waals surface area contributed by atoms with Crippen LogP contribution in [-0.4, -0.2) is 19.8 Å². The van der Waals surface area contributed by atoms with E-state index < -0.39 is 0 Å². The Labute approximate surface area is 109 Å². The van der Waals surface area contributed by atoms with Gasteiger partial charge in [0.05, 0.1) is 0 Å². The van der Waals surface area contributed by atoms with E-state index in [1.54, 1.807) is 16.6 Å². The minimum atomic E-state index is 0.414. The normalized spacial score (nSPS) is 11.4. The van der Waals surface area contributed by atoms with E-state index in [2.05, 4.69) is 15.3 Å². The zero-order valence-electron chi connectivity index (χ0n) is 9.36. The first kappa shape index (κ1) is 10.9. The first-order chi connectivity index (χ1) is 8.83. The molecule has 5 heteroatoms. The molecular weight excluding hydrogens is 248 g/mol. The molecule has 0 bridgehead atoms. The van der Waals surface area contributed by atoms with Crippen molar-refractivity contribution in [1.29, 1.82) is 0 Å². The molecule has 0 aliphatic heterocycles. The standard InChI is InChI=1S/C13H9ClN4/c14-11-7-9-13-16-15-12(18(13)17-11)8-6-10-4-2-1-3-5-10/h1-9H/b8-6+. The molecule has 88 valence electrons. The monoisotopic (exact) mass is 256 g/mol. The fourth-order valence-electron chi connectivity index (χ4n) is 1.62. The molecule has 4 nitrogen and oxygen atoms in total. The van der Waals surface area contributed by atoms with Gasteiger partial charge in [0.15, 0.2) is 11.5 Å². The fourth-order valence-corrected chi connectivity index (χ4v) is 1.76. The molecule has 0 amide bonds. The Morgan fingerprint density at radius 2 is 1.78 bits per heavy atom. The van der Waals surface area contributed by atoms with E-state index in [-0.39, 0.29) is 0 Å². The lowest BCUT2D eigenvalue weighted by atomic mass is 10.2. The summed E-state index contributed by atoms with van der Waals surface area (Å²) in [6.07, 6.45) is 3.82. The van der Waals surface area contributed by atoms with Crippen LogP contribution in [0.25, 0.3) is 17.8 Å². The molecule has 0 fully saturated rings. The van der Waals surface area contributed by atoms with E-state index in [1.165, 1.54) is 0 Å². The summed E-state index contributed by atoms with van der Waals surface area (Å²) in [7, 11) is 0. The molecule has 2 aromatic heterocycles. The lowest BCUT2D eigenvalue weighted by Crippen LogP contribution is -1.93. The predicted molar refractivity (Wildman–Crippen MR) is 71.2 cm³/mol. The molecule has 18 heavy (non-hydrogen) atoms. The largest absolute Gasteiger partial charge is 0.192 e. The Morgan fingerprint density at radius 3 is 2.61 bits per heavy atom. The van der Waals surface area contributed by atoms with Crippen LogP contribution >= 0.6 is 11.6 Å². The van der Waals surface area contributed by atoms with Crippen molar-refractivity contribution in [1.82, 2.24) is 19.8 Å². The second kappa shape index (κ2) is 4.58. The van der Waals surface area contributed by atoms with Crippen molar-refractivity contribution in [3.05, 3.63) is 59.0 Å². The van der Waals surface area contributed by atoms with Gasteiger partial charge in [-0.3, -0.25) is 0 Å². The van der Waals surface area contributed by atoms with E-state index >= 15 is 0 Å². The molecule has 0 atom stereocenters. The molecule has 0 unspecified atom stereocenters. The first-order valence-electron chi connectivity index (χ1n) is 5.44. The van der Waals surface area contributed by atoms with Crippen molar-refractivity contribution < 1.29 is 0 Å². The maximum Gasteiger partial charge on any atom is 0.178 e. The number of hydrogen-bond donors (Lipinski definition) is 0. The molecule has 0 N–H and O–H groups in total. The third kappa shape index (κ3) is 2.10. The lowest BCUT2D eigenvalue weighted by Gasteiger charge is -1.94. The van der Waals surface area contributed by atoms with E-state index in [0.717, 1.165) is 5.56 Å². The maximum absolute atomic E-state index is 5.85. The van der Waals surface area contributed by atoms with Crippen LogP contribution < -0.4 is 0 Å². The number of fused-ring (bicyclic) bond motifs is 1. The third-order valence-electron chi connectivity index (χ3n) is 2.48. The highest BCUT2D eigenvalue weighted by Gasteiger charge is 2.03. The Bertz CT molecular complexity index is 703. The van der Waals surface area contributed by atoms with Gasteiger partial charge in [0.2, 0.25) is 0 Å². The maximum atomic E-state index is 5.85. The minimum Gasteiger partial charge on any atom is -0.192 e. The van der Waals surface area contributed by atoms with Crippen molar-refractivity contribution in [2.24, 2.45) is 0 Å². The Morgan fingerprint density at radius 1 is 0.944 bits per heavy atom. The summed E-state index contributed by atoms with van der Waals surface area (Å²) in [4.78, 5) is 0. The molecule has 0 spiro atoms. The van der Waals surface area contributed by atoms with Gasteiger partial charge in [-0.15, -0.1) is 10.2 Å². The van der Waals surface area contributed by atoms with Gasteiger partial charge in [0, 0.05) is 0 Å². The Hall–Kier alpha value is -2.20. The Balaban J connectivity index is 2.00. The highest BCUT2D eigenvalue weighted by atomic mass is 35.5. The third-order valence-corrected chi connectivity index (χ3v) is 2.68. The first-order valence-corrected chi connectivity index (χ1v) is 5.82. The molecular formula is C13H9ClN4. The van der Waals surface area contributed by atoms with E-state index in [9.17, 15) is 0 Å². The average molecular weight is 257 g/mol. The summed E-state index contributed by atoms with van der Waals surface area (Å²) in [5, 5.41) is 12.6. The van der Waals surface area contributed by atoms with Gasteiger partial charge >= 0.3 is 0 Å². The van der Waals surface area contributed by atoms with Crippen LogP contribution in [0.15, 0.2) is 42.5 Å². The van der Waals surface area contributed by atoms with Crippen LogP contribution in [-0.2, 0) is 0 Å². The molecule has 3 rings (SSSR count). The van der Waals surface area contributed by atoms with Gasteiger partial charge in [0.1, 0.15) is 5.15 Å². The summed E-state index contributed by atoms with van der Waals surface area (Å²) >= 11 is 5.85. The molecule has 0 radical (unpaired) electrons. The summed E-state index contributed by atoms with van der Waals surface area (Å²) in [6, 6.07) is 13.4. The quantitative estimate of drug-likeness (QED) is 0.708. The van der Waals surface area contributed by atoms with Crippen molar-refractivity contribution >= 4 is 29.4 Å². The second-order valence-electron chi connectivity index (χ2n) is 3.73. The van der Waals surface area contributed by atoms with Gasteiger partial charge < -0.3 is 0 Å². The highest BCUT2D eigenvalue weighted by molar-refractivity contribution is 6.29. The number of aromatic nitrogens is 4. The summed E-state index contributed by atoms with van der Waals surface area (Å²) in [5.41, 5.74) is 1.77. The van der Waals surface area contributed by atoms with E-state index in [1.807, 2.05) is 42.5 Å². The van der Waals surface area contributed by atoms with Crippen LogP contribution in [0.5, 0.6) is 0 Å². The van der Waals surface area contributed by atoms with Crippen LogP contribution in [0, 0.1) is 0 Å². The van der Waals surface area contributed by atoms with Crippen LogP contribution in [0.1, 0.15) is 11.4 Å². The fraction of sp³-hybridized carbons (Fsp3) is 0. The zero-order valence-corrected chi connectivity index (χ0v) is 10.1. The molecule has 0 saturated carbocycles. The van der Waals surface area contributed by atoms with Gasteiger partial charge in [-0.1, -0.05) is 48.0 Å². The Kier molecular flexibility index (Phi) is 2.78. The number of rotatable bonds is 2. The topological polar surface area (TPSA) is 43.1 Å². The average Bonchev–Trinajstić information content (AvgIpc) is 2.80. The number of halogens is 1. The van der Waals surface area contributed by atoms with Crippen LogP contribution in [0.3, 0.4) is 0 Å². The van der Waals surface area contributed by atoms with Gasteiger partial charge in [-0.2, -0.15) is 9.61 Å². The SMILES string of the molecule is Clc1ccc2nnc(/C=C/c3ccccc3)n2n1. The number of benzene rings is 1.